The number of carbonyl (C=O) groups is 1. The molecule has 0 spiro atoms. The third-order valence-electron chi connectivity index (χ3n) is 3.05. The zero-order chi connectivity index (χ0) is 15.4. The van der Waals surface area contributed by atoms with Crippen LogP contribution in [0.15, 0.2) is 24.7 Å². The van der Waals surface area contributed by atoms with Gasteiger partial charge in [0.15, 0.2) is 5.78 Å². The molecule has 0 bridgehead atoms. The highest BCUT2D eigenvalue weighted by Crippen LogP contribution is 2.26. The normalized spacial score (nSPS) is 11.9. The summed E-state index contributed by atoms with van der Waals surface area (Å²) in [4.78, 5) is 23.1. The van der Waals surface area contributed by atoms with Crippen LogP contribution in [0.3, 0.4) is 0 Å². The first-order valence-electron chi connectivity index (χ1n) is 7.17. The molecular weight excluding hydrogens is 266 g/mol. The van der Waals surface area contributed by atoms with Crippen LogP contribution in [0.2, 0.25) is 0 Å². The lowest BCUT2D eigenvalue weighted by Crippen LogP contribution is -2.07. The van der Waals surface area contributed by atoms with Crippen molar-refractivity contribution in [3.05, 3.63) is 30.2 Å². The number of nitrogens with zero attached hydrogens (tertiary/aromatic N) is 2. The van der Waals surface area contributed by atoms with E-state index in [-0.39, 0.29) is 17.8 Å². The maximum atomic E-state index is 11.6. The monoisotopic (exact) mass is 287 g/mol. The molecule has 2 aromatic rings. The number of hydrogen-bond acceptors (Lipinski definition) is 4. The second kappa shape index (κ2) is 6.52. The average molecular weight is 287 g/mol. The van der Waals surface area contributed by atoms with Crippen LogP contribution < -0.4 is 4.74 Å². The molecule has 0 radical (unpaired) electrons. The number of nitrogens with one attached hydrogen (secondary N) is 1. The first kappa shape index (κ1) is 15.2. The SMILES string of the molecule is CC(C)Oc1ncnc2[nH]cc(CC=CC(=O)C(C)C)c12. The second-order valence-corrected chi connectivity index (χ2v) is 5.55. The molecule has 21 heavy (non-hydrogen) atoms. The molecule has 0 aliphatic heterocycles. The number of fused-ring (bicyclic) bond motifs is 1. The Bertz CT molecular complexity index is 657. The van der Waals surface area contributed by atoms with Crippen molar-refractivity contribution in [1.29, 1.82) is 0 Å². The summed E-state index contributed by atoms with van der Waals surface area (Å²) in [6.45, 7) is 7.70. The van der Waals surface area contributed by atoms with Crippen LogP contribution in [0.4, 0.5) is 0 Å². The largest absolute Gasteiger partial charge is 0.474 e. The van der Waals surface area contributed by atoms with E-state index in [2.05, 4.69) is 15.0 Å². The molecule has 0 aliphatic rings. The number of ether oxygens (including phenoxy) is 1. The van der Waals surface area contributed by atoms with Crippen LogP contribution in [0.5, 0.6) is 5.88 Å². The molecule has 0 saturated heterocycles. The van der Waals surface area contributed by atoms with Crippen LogP contribution in [0, 0.1) is 5.92 Å². The molecule has 0 aliphatic carbocycles. The van der Waals surface area contributed by atoms with E-state index in [1.165, 1.54) is 6.33 Å². The molecule has 5 nitrogen and oxygen atoms in total. The molecule has 0 fully saturated rings. The third kappa shape index (κ3) is 3.68. The van der Waals surface area contributed by atoms with Gasteiger partial charge in [-0.3, -0.25) is 4.79 Å². The fourth-order valence-corrected chi connectivity index (χ4v) is 1.96. The van der Waals surface area contributed by atoms with E-state index >= 15 is 0 Å². The van der Waals surface area contributed by atoms with Gasteiger partial charge in [0.05, 0.1) is 11.5 Å². The van der Waals surface area contributed by atoms with Gasteiger partial charge >= 0.3 is 0 Å². The molecule has 2 heterocycles. The predicted molar refractivity (Wildman–Crippen MR) is 82.3 cm³/mol. The highest BCUT2D eigenvalue weighted by atomic mass is 16.5. The van der Waals surface area contributed by atoms with Gasteiger partial charge in [-0.05, 0) is 31.9 Å². The highest BCUT2D eigenvalue weighted by molar-refractivity contribution is 5.91. The Kier molecular flexibility index (Phi) is 4.73. The van der Waals surface area contributed by atoms with Crippen molar-refractivity contribution in [2.75, 3.05) is 0 Å². The maximum Gasteiger partial charge on any atom is 0.226 e. The Morgan fingerprint density at radius 2 is 2.10 bits per heavy atom. The van der Waals surface area contributed by atoms with E-state index in [1.54, 1.807) is 6.08 Å². The topological polar surface area (TPSA) is 67.9 Å². The minimum atomic E-state index is 0.0207. The first-order valence-corrected chi connectivity index (χ1v) is 7.17. The Morgan fingerprint density at radius 1 is 1.33 bits per heavy atom. The molecule has 1 N–H and O–H groups in total. The van der Waals surface area contributed by atoms with E-state index in [0.29, 0.717) is 12.3 Å². The van der Waals surface area contributed by atoms with Gasteiger partial charge in [-0.1, -0.05) is 19.9 Å². The van der Waals surface area contributed by atoms with Crippen molar-refractivity contribution in [2.45, 2.75) is 40.2 Å². The van der Waals surface area contributed by atoms with Gasteiger partial charge in [0.1, 0.15) is 12.0 Å². The van der Waals surface area contributed by atoms with Crippen molar-refractivity contribution in [2.24, 2.45) is 5.92 Å². The molecule has 0 saturated carbocycles. The summed E-state index contributed by atoms with van der Waals surface area (Å²) < 4.78 is 5.73. The molecule has 2 aromatic heterocycles. The summed E-state index contributed by atoms with van der Waals surface area (Å²) in [6, 6.07) is 0. The summed E-state index contributed by atoms with van der Waals surface area (Å²) in [6.07, 6.45) is 7.56. The number of aromatic amines is 1. The van der Waals surface area contributed by atoms with Gasteiger partial charge < -0.3 is 9.72 Å². The number of ketones is 1. The van der Waals surface area contributed by atoms with E-state index in [1.807, 2.05) is 40.0 Å². The minimum absolute atomic E-state index is 0.0207. The van der Waals surface area contributed by atoms with Crippen molar-refractivity contribution in [3.63, 3.8) is 0 Å². The van der Waals surface area contributed by atoms with Gasteiger partial charge in [0.25, 0.3) is 0 Å². The summed E-state index contributed by atoms with van der Waals surface area (Å²) in [7, 11) is 0. The number of H-pyrrole nitrogens is 1. The van der Waals surface area contributed by atoms with Gasteiger partial charge in [-0.15, -0.1) is 0 Å². The Morgan fingerprint density at radius 3 is 2.76 bits per heavy atom. The van der Waals surface area contributed by atoms with E-state index in [0.717, 1.165) is 16.6 Å². The molecule has 0 unspecified atom stereocenters. The van der Waals surface area contributed by atoms with Crippen LogP contribution >= 0.6 is 0 Å². The fraction of sp³-hybridized carbons (Fsp3) is 0.438. The third-order valence-corrected chi connectivity index (χ3v) is 3.05. The molecule has 2 rings (SSSR count). The number of allylic oxidation sites excluding steroid dienone is 2. The Hall–Kier alpha value is -2.17. The smallest absolute Gasteiger partial charge is 0.226 e. The molecule has 0 aromatic carbocycles. The van der Waals surface area contributed by atoms with Crippen molar-refractivity contribution in [3.8, 4) is 5.88 Å². The molecule has 0 atom stereocenters. The van der Waals surface area contributed by atoms with Gasteiger partial charge in [0.2, 0.25) is 5.88 Å². The minimum Gasteiger partial charge on any atom is -0.474 e. The van der Waals surface area contributed by atoms with Crippen LogP contribution in [0.25, 0.3) is 11.0 Å². The quantitative estimate of drug-likeness (QED) is 0.829. The molecular formula is C16H21N3O2. The van der Waals surface area contributed by atoms with Crippen molar-refractivity contribution >= 4 is 16.8 Å². The summed E-state index contributed by atoms with van der Waals surface area (Å²) in [5.41, 5.74) is 1.77. The van der Waals surface area contributed by atoms with E-state index in [4.69, 9.17) is 4.74 Å². The standard InChI is InChI=1S/C16H21N3O2/c1-10(2)13(20)7-5-6-12-8-17-15-14(12)16(19-9-18-15)21-11(3)4/h5,7-11H,6H2,1-4H3,(H,17,18,19). The lowest BCUT2D eigenvalue weighted by molar-refractivity contribution is -0.117. The summed E-state index contributed by atoms with van der Waals surface area (Å²) in [5.74, 6) is 0.729. The molecule has 112 valence electrons. The van der Waals surface area contributed by atoms with Crippen molar-refractivity contribution in [1.82, 2.24) is 15.0 Å². The zero-order valence-electron chi connectivity index (χ0n) is 12.9. The zero-order valence-corrected chi connectivity index (χ0v) is 12.9. The van der Waals surface area contributed by atoms with Gasteiger partial charge in [-0.2, -0.15) is 0 Å². The van der Waals surface area contributed by atoms with E-state index < -0.39 is 0 Å². The number of rotatable bonds is 6. The van der Waals surface area contributed by atoms with Crippen LogP contribution in [-0.2, 0) is 11.2 Å². The number of hydrogen-bond donors (Lipinski definition) is 1. The fourth-order valence-electron chi connectivity index (χ4n) is 1.96. The van der Waals surface area contributed by atoms with Gasteiger partial charge in [0, 0.05) is 12.1 Å². The summed E-state index contributed by atoms with van der Waals surface area (Å²) in [5, 5.41) is 0.882. The first-order chi connectivity index (χ1) is 9.99. The average Bonchev–Trinajstić information content (AvgIpc) is 2.82. The predicted octanol–water partition coefficient (Wildman–Crippen LogP) is 3.07. The van der Waals surface area contributed by atoms with Crippen molar-refractivity contribution < 1.29 is 9.53 Å². The number of carbonyl (C=O) groups excluding carboxylic acids is 1. The van der Waals surface area contributed by atoms with Gasteiger partial charge in [-0.25, -0.2) is 9.97 Å². The maximum absolute atomic E-state index is 11.6. The van der Waals surface area contributed by atoms with E-state index in [9.17, 15) is 4.79 Å². The number of aromatic nitrogens is 3. The highest BCUT2D eigenvalue weighted by Gasteiger charge is 2.12. The summed E-state index contributed by atoms with van der Waals surface area (Å²) >= 11 is 0. The lowest BCUT2D eigenvalue weighted by Gasteiger charge is -2.09. The second-order valence-electron chi connectivity index (χ2n) is 5.55. The molecule has 0 amide bonds. The Balaban J connectivity index is 2.26. The Labute approximate surface area is 124 Å². The van der Waals surface area contributed by atoms with Crippen LogP contribution in [-0.4, -0.2) is 26.8 Å². The van der Waals surface area contributed by atoms with Crippen LogP contribution in [0.1, 0.15) is 33.3 Å². The lowest BCUT2D eigenvalue weighted by atomic mass is 10.1. The molecule has 5 heteroatoms.